The van der Waals surface area contributed by atoms with E-state index in [0.29, 0.717) is 5.56 Å². The third-order valence-electron chi connectivity index (χ3n) is 3.59. The lowest BCUT2D eigenvalue weighted by Crippen LogP contribution is -2.34. The minimum atomic E-state index is -3.77. The Hall–Kier alpha value is -2.98. The predicted octanol–water partition coefficient (Wildman–Crippen LogP) is 0.780. The molecule has 144 valence electrons. The third-order valence-corrected chi connectivity index (χ3v) is 4.86. The minimum Gasteiger partial charge on any atom is -0.465 e. The Bertz CT molecular complexity index is 885. The highest BCUT2D eigenvalue weighted by atomic mass is 32.2. The van der Waals surface area contributed by atoms with E-state index >= 15 is 0 Å². The van der Waals surface area contributed by atoms with Gasteiger partial charge in [0.25, 0.3) is 5.91 Å². The van der Waals surface area contributed by atoms with Crippen LogP contribution in [0.5, 0.6) is 0 Å². The topological polar surface area (TPSA) is 143 Å². The van der Waals surface area contributed by atoms with Gasteiger partial charge in [0.15, 0.2) is 0 Å². The number of hydrogen-bond acceptors (Lipinski definition) is 6. The predicted molar refractivity (Wildman–Crippen MR) is 98.3 cm³/mol. The average Bonchev–Trinajstić information content (AvgIpc) is 2.62. The van der Waals surface area contributed by atoms with E-state index in [0.717, 1.165) is 5.56 Å². The second kappa shape index (κ2) is 9.10. The standard InChI is InChI=1S/C17H20N4O5S/c18-7-9-27(25,26)20-16(22)15-5-3-13(4-6-15)11-21(17(23)24)12-14-2-1-8-19-10-14/h1-6,8,10H,7,9,11-12,18H2,(H,20,22)(H,23,24). The zero-order valence-corrected chi connectivity index (χ0v) is 15.2. The van der Waals surface area contributed by atoms with Gasteiger partial charge in [-0.05, 0) is 29.3 Å². The van der Waals surface area contributed by atoms with Crippen LogP contribution < -0.4 is 10.5 Å². The Morgan fingerprint density at radius 2 is 1.78 bits per heavy atom. The number of aromatic nitrogens is 1. The fraction of sp³-hybridized carbons (Fsp3) is 0.235. The smallest absolute Gasteiger partial charge is 0.407 e. The minimum absolute atomic E-state index is 0.0937. The molecule has 10 heteroatoms. The lowest BCUT2D eigenvalue weighted by Gasteiger charge is -2.19. The summed E-state index contributed by atoms with van der Waals surface area (Å²) in [5.41, 5.74) is 6.74. The molecule has 0 aliphatic heterocycles. The van der Waals surface area contributed by atoms with Crippen molar-refractivity contribution >= 4 is 22.0 Å². The van der Waals surface area contributed by atoms with Crippen LogP contribution in [0, 0.1) is 0 Å². The van der Waals surface area contributed by atoms with Gasteiger partial charge < -0.3 is 10.8 Å². The van der Waals surface area contributed by atoms with Gasteiger partial charge in [0.05, 0.1) is 12.3 Å². The number of nitrogens with zero attached hydrogens (tertiary/aromatic N) is 2. The fourth-order valence-corrected chi connectivity index (χ4v) is 3.10. The molecule has 0 unspecified atom stereocenters. The number of rotatable bonds is 8. The Labute approximate surface area is 156 Å². The summed E-state index contributed by atoms with van der Waals surface area (Å²) in [6.45, 7) is 0.184. The number of carbonyl (C=O) groups is 2. The lowest BCUT2D eigenvalue weighted by atomic mass is 10.1. The van der Waals surface area contributed by atoms with Gasteiger partial charge in [-0.1, -0.05) is 18.2 Å². The molecule has 0 aliphatic carbocycles. The normalized spacial score (nSPS) is 11.0. The van der Waals surface area contributed by atoms with Crippen LogP contribution in [0.1, 0.15) is 21.5 Å². The van der Waals surface area contributed by atoms with E-state index in [1.165, 1.54) is 17.0 Å². The highest BCUT2D eigenvalue weighted by Crippen LogP contribution is 2.11. The lowest BCUT2D eigenvalue weighted by molar-refractivity contribution is 0.0981. The summed E-state index contributed by atoms with van der Waals surface area (Å²) in [4.78, 5) is 28.6. The summed E-state index contributed by atoms with van der Waals surface area (Å²) in [5.74, 6) is -1.11. The van der Waals surface area contributed by atoms with Crippen molar-refractivity contribution in [3.63, 3.8) is 0 Å². The second-order valence-electron chi connectivity index (χ2n) is 5.74. The summed E-state index contributed by atoms with van der Waals surface area (Å²) < 4.78 is 25.1. The van der Waals surface area contributed by atoms with Gasteiger partial charge in [-0.15, -0.1) is 0 Å². The number of carboxylic acid groups (broad SMARTS) is 1. The van der Waals surface area contributed by atoms with Crippen molar-refractivity contribution in [3.8, 4) is 0 Å². The molecule has 1 aromatic heterocycles. The molecule has 0 saturated carbocycles. The Morgan fingerprint density at radius 1 is 1.11 bits per heavy atom. The van der Waals surface area contributed by atoms with Crippen molar-refractivity contribution in [1.29, 1.82) is 0 Å². The summed E-state index contributed by atoms with van der Waals surface area (Å²) >= 11 is 0. The maximum Gasteiger partial charge on any atom is 0.407 e. The number of nitrogens with one attached hydrogen (secondary N) is 1. The van der Waals surface area contributed by atoms with Crippen molar-refractivity contribution in [2.24, 2.45) is 5.73 Å². The SMILES string of the molecule is NCCS(=O)(=O)NC(=O)c1ccc(CN(Cc2cccnc2)C(=O)O)cc1. The van der Waals surface area contributed by atoms with Crippen molar-refractivity contribution in [2.45, 2.75) is 13.1 Å². The molecule has 2 aromatic rings. The van der Waals surface area contributed by atoms with Gasteiger partial charge in [-0.25, -0.2) is 17.9 Å². The molecular weight excluding hydrogens is 372 g/mol. The number of benzene rings is 1. The molecule has 0 fully saturated rings. The van der Waals surface area contributed by atoms with E-state index < -0.39 is 22.0 Å². The second-order valence-corrected chi connectivity index (χ2v) is 7.58. The third kappa shape index (κ3) is 6.35. The monoisotopic (exact) mass is 392 g/mol. The number of amides is 2. The average molecular weight is 392 g/mol. The number of nitrogens with two attached hydrogens (primary N) is 1. The van der Waals surface area contributed by atoms with Crippen molar-refractivity contribution in [2.75, 3.05) is 12.3 Å². The van der Waals surface area contributed by atoms with Crippen LogP contribution in [0.3, 0.4) is 0 Å². The summed E-state index contributed by atoms with van der Waals surface area (Å²) in [6, 6.07) is 9.52. The molecule has 0 spiro atoms. The van der Waals surface area contributed by atoms with E-state index in [1.54, 1.807) is 36.7 Å². The van der Waals surface area contributed by atoms with E-state index in [4.69, 9.17) is 5.73 Å². The maximum atomic E-state index is 12.0. The largest absolute Gasteiger partial charge is 0.465 e. The Morgan fingerprint density at radius 3 is 2.33 bits per heavy atom. The van der Waals surface area contributed by atoms with Crippen molar-refractivity contribution < 1.29 is 23.1 Å². The van der Waals surface area contributed by atoms with Gasteiger partial charge in [-0.3, -0.25) is 14.7 Å². The highest BCUT2D eigenvalue weighted by molar-refractivity contribution is 7.90. The van der Waals surface area contributed by atoms with Crippen LogP contribution in [0.25, 0.3) is 0 Å². The number of hydrogen-bond donors (Lipinski definition) is 3. The molecule has 27 heavy (non-hydrogen) atoms. The molecule has 1 aromatic carbocycles. The quantitative estimate of drug-likeness (QED) is 0.602. The molecule has 0 aliphatic rings. The van der Waals surface area contributed by atoms with Crippen LogP contribution in [-0.4, -0.2) is 47.7 Å². The fourth-order valence-electron chi connectivity index (χ4n) is 2.29. The van der Waals surface area contributed by atoms with Gasteiger partial charge in [-0.2, -0.15) is 0 Å². The highest BCUT2D eigenvalue weighted by Gasteiger charge is 2.16. The molecule has 1 heterocycles. The Balaban J connectivity index is 2.05. The molecule has 0 atom stereocenters. The number of carbonyl (C=O) groups excluding carboxylic acids is 1. The van der Waals surface area contributed by atoms with Crippen LogP contribution >= 0.6 is 0 Å². The molecule has 0 radical (unpaired) electrons. The maximum absolute atomic E-state index is 12.0. The first kappa shape index (κ1) is 20.3. The van der Waals surface area contributed by atoms with Crippen LogP contribution in [0.15, 0.2) is 48.8 Å². The van der Waals surface area contributed by atoms with E-state index in [2.05, 4.69) is 4.98 Å². The summed E-state index contributed by atoms with van der Waals surface area (Å²) in [5, 5.41) is 9.38. The molecule has 0 saturated heterocycles. The van der Waals surface area contributed by atoms with Crippen LogP contribution in [0.4, 0.5) is 4.79 Å². The van der Waals surface area contributed by atoms with Gasteiger partial charge in [0.1, 0.15) is 0 Å². The molecule has 2 rings (SSSR count). The first-order chi connectivity index (χ1) is 12.8. The molecule has 9 nitrogen and oxygen atoms in total. The zero-order chi connectivity index (χ0) is 19.9. The van der Waals surface area contributed by atoms with Gasteiger partial charge in [0, 0.05) is 31.0 Å². The molecule has 4 N–H and O–H groups in total. The number of sulfonamides is 1. The van der Waals surface area contributed by atoms with E-state index in [-0.39, 0.29) is 31.0 Å². The van der Waals surface area contributed by atoms with Crippen LogP contribution in [-0.2, 0) is 23.1 Å². The van der Waals surface area contributed by atoms with E-state index in [1.807, 2.05) is 4.72 Å². The zero-order valence-electron chi connectivity index (χ0n) is 14.4. The number of pyridine rings is 1. The first-order valence-corrected chi connectivity index (χ1v) is 9.66. The van der Waals surface area contributed by atoms with E-state index in [9.17, 15) is 23.1 Å². The molecule has 2 amide bonds. The van der Waals surface area contributed by atoms with Crippen molar-refractivity contribution in [3.05, 3.63) is 65.5 Å². The van der Waals surface area contributed by atoms with Gasteiger partial charge in [0.2, 0.25) is 10.0 Å². The van der Waals surface area contributed by atoms with Crippen LogP contribution in [0.2, 0.25) is 0 Å². The van der Waals surface area contributed by atoms with Gasteiger partial charge >= 0.3 is 6.09 Å². The van der Waals surface area contributed by atoms with Crippen molar-refractivity contribution in [1.82, 2.24) is 14.6 Å². The Kier molecular flexibility index (Phi) is 6.85. The summed E-state index contributed by atoms with van der Waals surface area (Å²) in [6.07, 6.45) is 2.10. The summed E-state index contributed by atoms with van der Waals surface area (Å²) in [7, 11) is -3.77. The molecular formula is C17H20N4O5S. The first-order valence-electron chi connectivity index (χ1n) is 8.01. The molecule has 0 bridgehead atoms.